The molecule has 0 spiro atoms. The van der Waals surface area contributed by atoms with Crippen molar-refractivity contribution in [2.45, 2.75) is 6.92 Å². The molecular formula is C51H45N3O6. The van der Waals surface area contributed by atoms with Crippen LogP contribution in [0.2, 0.25) is 0 Å². The van der Waals surface area contributed by atoms with Crippen molar-refractivity contribution in [3.8, 4) is 23.0 Å². The third kappa shape index (κ3) is 9.33. The van der Waals surface area contributed by atoms with Gasteiger partial charge in [-0.2, -0.15) is 0 Å². The summed E-state index contributed by atoms with van der Waals surface area (Å²) < 4.78 is 21.6. The highest BCUT2D eigenvalue weighted by atomic mass is 16.6. The minimum absolute atomic E-state index is 0.0308. The number of nitro groups is 1. The minimum atomic E-state index is -0.331. The molecule has 0 atom stereocenters. The standard InChI is InChI=1S/C51H45N3O6/c1-36-34-40(13-7-38-10-16-42(17-11-38)53(45-22-30-49(59-4)31-23-45)46-24-32-50(60-5)33-25-46)51(54(55)56)35-39(36)12-6-37-8-14-41(15-9-37)52(43-18-26-47(57-2)27-19-43)44-20-28-48(58-3)29-21-44/h6-35H,1-5H3/b12-6-,13-7-. The van der Waals surface area contributed by atoms with Gasteiger partial charge in [0, 0.05) is 40.2 Å². The maximum absolute atomic E-state index is 12.4. The summed E-state index contributed by atoms with van der Waals surface area (Å²) >= 11 is 0. The molecule has 0 aromatic heterocycles. The Morgan fingerprint density at radius 2 is 0.700 bits per heavy atom. The molecule has 9 nitrogen and oxygen atoms in total. The predicted octanol–water partition coefficient (Wildman–Crippen LogP) is 13.2. The Balaban J connectivity index is 1.10. The first-order valence-electron chi connectivity index (χ1n) is 19.3. The molecule has 7 aromatic rings. The molecule has 0 radical (unpaired) electrons. The third-order valence-electron chi connectivity index (χ3n) is 10.1. The van der Waals surface area contributed by atoms with Crippen LogP contribution in [-0.2, 0) is 0 Å². The minimum Gasteiger partial charge on any atom is -0.497 e. The first-order valence-corrected chi connectivity index (χ1v) is 19.3. The number of nitro benzene ring substituents is 1. The Kier molecular flexibility index (Phi) is 12.6. The van der Waals surface area contributed by atoms with Gasteiger partial charge in [0.25, 0.3) is 5.69 Å². The van der Waals surface area contributed by atoms with Crippen molar-refractivity contribution in [3.05, 3.63) is 196 Å². The molecule has 7 rings (SSSR count). The van der Waals surface area contributed by atoms with Gasteiger partial charge in [-0.1, -0.05) is 42.5 Å². The summed E-state index contributed by atoms with van der Waals surface area (Å²) in [6.45, 7) is 1.97. The van der Waals surface area contributed by atoms with Crippen LogP contribution in [0.3, 0.4) is 0 Å². The quantitative estimate of drug-likeness (QED) is 0.0576. The van der Waals surface area contributed by atoms with E-state index in [4.69, 9.17) is 18.9 Å². The zero-order chi connectivity index (χ0) is 42.0. The van der Waals surface area contributed by atoms with Gasteiger partial charge in [0.2, 0.25) is 0 Å². The summed E-state index contributed by atoms with van der Waals surface area (Å²) in [5.41, 5.74) is 9.88. The maximum Gasteiger partial charge on any atom is 0.277 e. The van der Waals surface area contributed by atoms with E-state index in [1.54, 1.807) is 40.6 Å². The van der Waals surface area contributed by atoms with Crippen LogP contribution in [0.4, 0.5) is 39.8 Å². The number of ether oxygens (including phenoxy) is 4. The van der Waals surface area contributed by atoms with Crippen LogP contribution in [0.5, 0.6) is 23.0 Å². The summed E-state index contributed by atoms with van der Waals surface area (Å²) in [4.78, 5) is 16.3. The van der Waals surface area contributed by atoms with Gasteiger partial charge >= 0.3 is 0 Å². The van der Waals surface area contributed by atoms with E-state index < -0.39 is 0 Å². The van der Waals surface area contributed by atoms with Crippen LogP contribution in [0.1, 0.15) is 27.8 Å². The van der Waals surface area contributed by atoms with Gasteiger partial charge in [0.05, 0.1) is 38.9 Å². The molecule has 0 aliphatic heterocycles. The van der Waals surface area contributed by atoms with Crippen LogP contribution in [0.25, 0.3) is 24.3 Å². The lowest BCUT2D eigenvalue weighted by Crippen LogP contribution is -2.09. The number of rotatable bonds is 15. The molecule has 0 bridgehead atoms. The van der Waals surface area contributed by atoms with E-state index in [0.29, 0.717) is 5.56 Å². The normalized spacial score (nSPS) is 11.1. The molecule has 0 amide bonds. The first kappa shape index (κ1) is 40.4. The zero-order valence-electron chi connectivity index (χ0n) is 34.1. The van der Waals surface area contributed by atoms with Crippen molar-refractivity contribution in [2.24, 2.45) is 0 Å². The molecule has 9 heteroatoms. The molecule has 300 valence electrons. The summed E-state index contributed by atoms with van der Waals surface area (Å²) in [6, 6.07) is 51.3. The van der Waals surface area contributed by atoms with Crippen molar-refractivity contribution in [3.63, 3.8) is 0 Å². The number of nitrogens with zero attached hydrogens (tertiary/aromatic N) is 3. The second-order valence-corrected chi connectivity index (χ2v) is 13.8. The SMILES string of the molecule is COc1ccc(N(c2ccc(/C=C\c3cc([N+](=O)[O-])c(/C=C\c4ccc(N(c5ccc(OC)cc5)c5ccc(OC)cc5)cc4)cc3C)cc2)c2ccc(OC)cc2)cc1. The monoisotopic (exact) mass is 795 g/mol. The Hall–Kier alpha value is -7.78. The van der Waals surface area contributed by atoms with Crippen molar-refractivity contribution >= 4 is 64.1 Å². The molecular weight excluding hydrogens is 751 g/mol. The van der Waals surface area contributed by atoms with Gasteiger partial charge in [-0.05, 0) is 163 Å². The molecule has 0 heterocycles. The van der Waals surface area contributed by atoms with Gasteiger partial charge in [0.15, 0.2) is 0 Å². The molecule has 60 heavy (non-hydrogen) atoms. The summed E-state index contributed by atoms with van der Waals surface area (Å²) in [7, 11) is 6.60. The van der Waals surface area contributed by atoms with Gasteiger partial charge in [0.1, 0.15) is 23.0 Å². The molecule has 0 N–H and O–H groups in total. The van der Waals surface area contributed by atoms with Crippen LogP contribution in [0.15, 0.2) is 158 Å². The fourth-order valence-electron chi connectivity index (χ4n) is 6.87. The van der Waals surface area contributed by atoms with Gasteiger partial charge < -0.3 is 28.7 Å². The highest BCUT2D eigenvalue weighted by Gasteiger charge is 2.17. The fourth-order valence-corrected chi connectivity index (χ4v) is 6.87. The molecule has 0 aliphatic carbocycles. The van der Waals surface area contributed by atoms with E-state index in [1.165, 1.54) is 0 Å². The van der Waals surface area contributed by atoms with Crippen LogP contribution in [-0.4, -0.2) is 33.4 Å². The van der Waals surface area contributed by atoms with E-state index >= 15 is 0 Å². The molecule has 7 aromatic carbocycles. The summed E-state index contributed by atoms with van der Waals surface area (Å²) in [5, 5.41) is 12.4. The number of hydrogen-bond acceptors (Lipinski definition) is 8. The van der Waals surface area contributed by atoms with E-state index in [9.17, 15) is 10.1 Å². The van der Waals surface area contributed by atoms with Crippen molar-refractivity contribution < 1.29 is 23.9 Å². The van der Waals surface area contributed by atoms with E-state index in [2.05, 4.69) is 21.9 Å². The Morgan fingerprint density at radius 1 is 0.417 bits per heavy atom. The Labute approximate surface area is 350 Å². The second kappa shape index (κ2) is 18.7. The largest absolute Gasteiger partial charge is 0.497 e. The van der Waals surface area contributed by atoms with Gasteiger partial charge in [-0.3, -0.25) is 10.1 Å². The zero-order valence-corrected chi connectivity index (χ0v) is 34.1. The van der Waals surface area contributed by atoms with Crippen LogP contribution >= 0.6 is 0 Å². The highest BCUT2D eigenvalue weighted by Crippen LogP contribution is 2.38. The number of aryl methyl sites for hydroxylation is 1. The van der Waals surface area contributed by atoms with Crippen molar-refractivity contribution in [1.29, 1.82) is 0 Å². The summed E-state index contributed by atoms with van der Waals surface area (Å²) in [5.74, 6) is 3.09. The number of methoxy groups -OCH3 is 4. The third-order valence-corrected chi connectivity index (χ3v) is 10.1. The van der Waals surface area contributed by atoms with Crippen molar-refractivity contribution in [1.82, 2.24) is 0 Å². The maximum atomic E-state index is 12.4. The topological polar surface area (TPSA) is 86.5 Å². The molecule has 0 saturated heterocycles. The second-order valence-electron chi connectivity index (χ2n) is 13.8. The van der Waals surface area contributed by atoms with Crippen molar-refractivity contribution in [2.75, 3.05) is 38.2 Å². The lowest BCUT2D eigenvalue weighted by atomic mass is 10.0. The van der Waals surface area contributed by atoms with E-state index in [-0.39, 0.29) is 10.6 Å². The molecule has 0 unspecified atom stereocenters. The number of hydrogen-bond donors (Lipinski definition) is 0. The average molecular weight is 796 g/mol. The smallest absolute Gasteiger partial charge is 0.277 e. The van der Waals surface area contributed by atoms with E-state index in [0.717, 1.165) is 79.4 Å². The Bertz CT molecular complexity index is 2490. The molecule has 0 fully saturated rings. The summed E-state index contributed by atoms with van der Waals surface area (Å²) in [6.07, 6.45) is 7.59. The fraction of sp³-hybridized carbons (Fsp3) is 0.0980. The van der Waals surface area contributed by atoms with Crippen LogP contribution in [0, 0.1) is 17.0 Å². The number of benzene rings is 7. The molecule has 0 aliphatic rings. The lowest BCUT2D eigenvalue weighted by molar-refractivity contribution is -0.385. The van der Waals surface area contributed by atoms with Crippen LogP contribution < -0.4 is 28.7 Å². The van der Waals surface area contributed by atoms with E-state index in [1.807, 2.05) is 165 Å². The molecule has 0 saturated carbocycles. The average Bonchev–Trinajstić information content (AvgIpc) is 3.29. The Morgan fingerprint density at radius 3 is 0.983 bits per heavy atom. The number of anilines is 6. The van der Waals surface area contributed by atoms with Gasteiger partial charge in [-0.25, -0.2) is 0 Å². The lowest BCUT2D eigenvalue weighted by Gasteiger charge is -2.26. The van der Waals surface area contributed by atoms with Gasteiger partial charge in [-0.15, -0.1) is 0 Å². The predicted molar refractivity (Wildman–Crippen MR) is 244 cm³/mol. The highest BCUT2D eigenvalue weighted by molar-refractivity contribution is 5.82. The first-order chi connectivity index (χ1) is 29.3.